The van der Waals surface area contributed by atoms with Crippen LogP contribution >= 0.6 is 27.5 Å². The maximum absolute atomic E-state index is 13.7. The van der Waals surface area contributed by atoms with E-state index in [9.17, 15) is 9.59 Å². The molecule has 0 fully saturated rings. The van der Waals surface area contributed by atoms with Crippen LogP contribution in [0.3, 0.4) is 0 Å². The van der Waals surface area contributed by atoms with Gasteiger partial charge >= 0.3 is 0 Å². The second kappa shape index (κ2) is 8.69. The zero-order chi connectivity index (χ0) is 23.1. The lowest BCUT2D eigenvalue weighted by Gasteiger charge is -2.25. The van der Waals surface area contributed by atoms with Crippen LogP contribution in [-0.4, -0.2) is 12.5 Å². The number of hydrogen-bond acceptors (Lipinski definition) is 4. The number of amides is 1. The zero-order valence-electron chi connectivity index (χ0n) is 17.7. The number of carbonyl (C=O) groups excluding carboxylic acids is 1. The van der Waals surface area contributed by atoms with Crippen molar-refractivity contribution in [3.63, 3.8) is 0 Å². The Bertz CT molecular complexity index is 1450. The van der Waals surface area contributed by atoms with Crippen LogP contribution in [0.4, 0.5) is 5.69 Å². The molecule has 4 aromatic rings. The lowest BCUT2D eigenvalue weighted by molar-refractivity contribution is 0.0971. The van der Waals surface area contributed by atoms with Crippen molar-refractivity contribution in [2.75, 3.05) is 11.5 Å². The summed E-state index contributed by atoms with van der Waals surface area (Å²) in [4.78, 5) is 28.9. The van der Waals surface area contributed by atoms with Crippen LogP contribution in [0.15, 0.2) is 80.4 Å². The average molecular weight is 525 g/mol. The number of anilines is 1. The molecule has 166 valence electrons. The number of hydrogen-bond donors (Lipinski definition) is 0. The van der Waals surface area contributed by atoms with E-state index in [-0.39, 0.29) is 17.1 Å². The van der Waals surface area contributed by atoms with Gasteiger partial charge in [-0.05, 0) is 60.5 Å². The number of benzene rings is 3. The summed E-state index contributed by atoms with van der Waals surface area (Å²) in [7, 11) is 0. The van der Waals surface area contributed by atoms with Crippen molar-refractivity contribution in [1.29, 1.82) is 0 Å². The molecule has 1 amide bonds. The molecule has 0 bridgehead atoms. The van der Waals surface area contributed by atoms with E-state index in [1.165, 1.54) is 0 Å². The summed E-state index contributed by atoms with van der Waals surface area (Å²) in [6, 6.07) is 19.0. The van der Waals surface area contributed by atoms with Crippen molar-refractivity contribution in [3.05, 3.63) is 103 Å². The first-order valence-electron chi connectivity index (χ1n) is 10.6. The minimum Gasteiger partial charge on any atom is -0.494 e. The molecule has 0 aliphatic carbocycles. The molecule has 5 rings (SSSR count). The standard InChI is InChI=1S/C26H19BrClNO4/c1-2-11-32-19-8-3-5-15(12-19)23-22-24(30)20-13-16(27)9-10-21(20)33-25(22)26(31)29(23)18-7-4-6-17(28)14-18/h3-10,12-14,23H,2,11H2,1H3. The van der Waals surface area contributed by atoms with E-state index >= 15 is 0 Å². The first-order chi connectivity index (χ1) is 16.0. The molecular weight excluding hydrogens is 506 g/mol. The fourth-order valence-electron chi connectivity index (χ4n) is 4.15. The summed E-state index contributed by atoms with van der Waals surface area (Å²) in [5.74, 6) is 0.327. The lowest BCUT2D eigenvalue weighted by Crippen LogP contribution is -2.29. The van der Waals surface area contributed by atoms with Crippen LogP contribution < -0.4 is 15.1 Å². The van der Waals surface area contributed by atoms with Crippen molar-refractivity contribution in [3.8, 4) is 5.75 Å². The predicted octanol–water partition coefficient (Wildman–Crippen LogP) is 6.75. The van der Waals surface area contributed by atoms with Gasteiger partial charge in [-0.25, -0.2) is 0 Å². The Kier molecular flexibility index (Phi) is 5.72. The highest BCUT2D eigenvalue weighted by atomic mass is 79.9. The molecule has 1 atom stereocenters. The number of nitrogens with zero attached hydrogens (tertiary/aromatic N) is 1. The van der Waals surface area contributed by atoms with Crippen LogP contribution in [0.1, 0.15) is 41.1 Å². The molecule has 1 aromatic heterocycles. The van der Waals surface area contributed by atoms with Crippen molar-refractivity contribution in [1.82, 2.24) is 0 Å². The third-order valence-corrected chi connectivity index (χ3v) is 6.29. The van der Waals surface area contributed by atoms with Gasteiger partial charge in [0.1, 0.15) is 11.3 Å². The smallest absolute Gasteiger partial charge is 0.295 e. The molecule has 33 heavy (non-hydrogen) atoms. The van der Waals surface area contributed by atoms with Crippen LogP contribution in [-0.2, 0) is 0 Å². The quantitative estimate of drug-likeness (QED) is 0.290. The molecule has 1 aliphatic rings. The highest BCUT2D eigenvalue weighted by molar-refractivity contribution is 9.10. The Morgan fingerprint density at radius 3 is 2.67 bits per heavy atom. The van der Waals surface area contributed by atoms with E-state index in [1.54, 1.807) is 47.4 Å². The highest BCUT2D eigenvalue weighted by Crippen LogP contribution is 2.42. The van der Waals surface area contributed by atoms with E-state index < -0.39 is 6.04 Å². The number of ether oxygens (including phenoxy) is 1. The first-order valence-corrected chi connectivity index (χ1v) is 11.7. The van der Waals surface area contributed by atoms with Crippen molar-refractivity contribution in [2.45, 2.75) is 19.4 Å². The number of rotatable bonds is 5. The third kappa shape index (κ3) is 3.83. The third-order valence-electron chi connectivity index (χ3n) is 5.57. The van der Waals surface area contributed by atoms with Gasteiger partial charge in [-0.2, -0.15) is 0 Å². The van der Waals surface area contributed by atoms with Crippen molar-refractivity contribution >= 4 is 50.1 Å². The van der Waals surface area contributed by atoms with Gasteiger partial charge in [-0.15, -0.1) is 0 Å². The molecule has 0 saturated carbocycles. The van der Waals surface area contributed by atoms with Crippen molar-refractivity contribution in [2.24, 2.45) is 0 Å². The molecule has 7 heteroatoms. The molecule has 0 N–H and O–H groups in total. The molecule has 0 spiro atoms. The van der Waals surface area contributed by atoms with Crippen molar-refractivity contribution < 1.29 is 13.9 Å². The van der Waals surface area contributed by atoms with Crippen LogP contribution in [0, 0.1) is 0 Å². The van der Waals surface area contributed by atoms with Gasteiger partial charge in [0.05, 0.1) is 23.6 Å². The molecular formula is C26H19BrClNO4. The molecule has 5 nitrogen and oxygen atoms in total. The molecule has 2 heterocycles. The maximum atomic E-state index is 13.7. The highest BCUT2D eigenvalue weighted by Gasteiger charge is 2.43. The Labute approximate surface area is 203 Å². The summed E-state index contributed by atoms with van der Waals surface area (Å²) >= 11 is 9.66. The largest absolute Gasteiger partial charge is 0.494 e. The van der Waals surface area contributed by atoms with Gasteiger partial charge in [0, 0.05) is 15.2 Å². The SMILES string of the molecule is CCCOc1cccc(C2c3c(oc4ccc(Br)cc4c3=O)C(=O)N2c2cccc(Cl)c2)c1. The monoisotopic (exact) mass is 523 g/mol. The van der Waals surface area contributed by atoms with Crippen LogP contribution in [0.25, 0.3) is 11.0 Å². The fraction of sp³-hybridized carbons (Fsp3) is 0.154. The molecule has 1 unspecified atom stereocenters. The Morgan fingerprint density at radius 1 is 1.06 bits per heavy atom. The van der Waals surface area contributed by atoms with Gasteiger partial charge in [0.25, 0.3) is 5.91 Å². The molecule has 0 saturated heterocycles. The lowest BCUT2D eigenvalue weighted by atomic mass is 9.98. The fourth-order valence-corrected chi connectivity index (χ4v) is 4.69. The second-order valence-electron chi connectivity index (χ2n) is 7.79. The second-order valence-corrected chi connectivity index (χ2v) is 9.15. The minimum absolute atomic E-state index is 0.0414. The van der Waals surface area contributed by atoms with E-state index in [4.69, 9.17) is 20.8 Å². The Balaban J connectivity index is 1.77. The average Bonchev–Trinajstić information content (AvgIpc) is 3.11. The number of carbonyl (C=O) groups is 1. The minimum atomic E-state index is -0.684. The topological polar surface area (TPSA) is 59.8 Å². The van der Waals surface area contributed by atoms with Crippen LogP contribution in [0.5, 0.6) is 5.75 Å². The van der Waals surface area contributed by atoms with E-state index in [2.05, 4.69) is 15.9 Å². The summed E-state index contributed by atoms with van der Waals surface area (Å²) in [5.41, 5.74) is 1.75. The number of halogens is 2. The summed E-state index contributed by atoms with van der Waals surface area (Å²) in [5, 5.41) is 0.899. The van der Waals surface area contributed by atoms with Gasteiger partial charge in [-0.3, -0.25) is 14.5 Å². The van der Waals surface area contributed by atoms with E-state index in [1.807, 2.05) is 31.2 Å². The molecule has 3 aromatic carbocycles. The zero-order valence-corrected chi connectivity index (χ0v) is 20.0. The van der Waals surface area contributed by atoms with E-state index in [0.29, 0.717) is 39.6 Å². The van der Waals surface area contributed by atoms with Gasteiger partial charge < -0.3 is 9.15 Å². The first kappa shape index (κ1) is 21.7. The van der Waals surface area contributed by atoms with E-state index in [0.717, 1.165) is 16.5 Å². The maximum Gasteiger partial charge on any atom is 0.295 e. The normalized spacial score (nSPS) is 15.2. The predicted molar refractivity (Wildman–Crippen MR) is 133 cm³/mol. The number of fused-ring (bicyclic) bond motifs is 2. The Hall–Kier alpha value is -3.09. The molecule has 1 aliphatic heterocycles. The van der Waals surface area contributed by atoms with Gasteiger partial charge in [0.2, 0.25) is 5.76 Å². The summed E-state index contributed by atoms with van der Waals surface area (Å²) < 4.78 is 12.6. The summed E-state index contributed by atoms with van der Waals surface area (Å²) in [6.45, 7) is 2.60. The van der Waals surface area contributed by atoms with Gasteiger partial charge in [0.15, 0.2) is 5.43 Å². The Morgan fingerprint density at radius 2 is 1.88 bits per heavy atom. The van der Waals surface area contributed by atoms with Crippen LogP contribution in [0.2, 0.25) is 5.02 Å². The molecule has 0 radical (unpaired) electrons. The summed E-state index contributed by atoms with van der Waals surface area (Å²) in [6.07, 6.45) is 0.869. The van der Waals surface area contributed by atoms with Gasteiger partial charge in [-0.1, -0.05) is 52.7 Å².